The highest BCUT2D eigenvalue weighted by Crippen LogP contribution is 2.10. The largest absolute Gasteiger partial charge is 0.357 e. The van der Waals surface area contributed by atoms with Gasteiger partial charge in [-0.1, -0.05) is 57.6 Å². The average Bonchev–Trinajstić information content (AvgIpc) is 2.92. The third-order valence-corrected chi connectivity index (χ3v) is 4.10. The van der Waals surface area contributed by atoms with Gasteiger partial charge in [-0.15, -0.1) is 0 Å². The van der Waals surface area contributed by atoms with E-state index in [2.05, 4.69) is 29.0 Å². The van der Waals surface area contributed by atoms with E-state index in [0.29, 0.717) is 0 Å². The monoisotopic (exact) mass is 293 g/mol. The molecule has 0 radical (unpaired) electrons. The number of nitrogens with zero attached hydrogens (tertiary/aromatic N) is 2. The summed E-state index contributed by atoms with van der Waals surface area (Å²) in [6.45, 7) is 5.98. The van der Waals surface area contributed by atoms with Gasteiger partial charge in [-0.2, -0.15) is 0 Å². The van der Waals surface area contributed by atoms with Crippen LogP contribution in [0.3, 0.4) is 0 Å². The summed E-state index contributed by atoms with van der Waals surface area (Å²) in [7, 11) is 0. The fraction of sp³-hybridized carbons (Fsp3) is 0.833. The van der Waals surface area contributed by atoms with Crippen LogP contribution in [0.15, 0.2) is 17.1 Å². The van der Waals surface area contributed by atoms with Gasteiger partial charge >= 0.3 is 0 Å². The van der Waals surface area contributed by atoms with E-state index >= 15 is 0 Å². The van der Waals surface area contributed by atoms with E-state index in [1.807, 2.05) is 0 Å². The molecular formula is C18H35N3. The Morgan fingerprint density at radius 3 is 2.52 bits per heavy atom. The van der Waals surface area contributed by atoms with Crippen molar-refractivity contribution in [2.24, 2.45) is 10.7 Å². The zero-order valence-electron chi connectivity index (χ0n) is 14.0. The number of amidine groups is 1. The lowest BCUT2D eigenvalue weighted by Gasteiger charge is -2.18. The number of hydrogen-bond donors (Lipinski definition) is 1. The maximum atomic E-state index is 5.62. The summed E-state index contributed by atoms with van der Waals surface area (Å²) in [5.74, 6) is 1.26. The van der Waals surface area contributed by atoms with Crippen LogP contribution >= 0.6 is 0 Å². The molecule has 3 nitrogen and oxygen atoms in total. The van der Waals surface area contributed by atoms with Gasteiger partial charge in [0.1, 0.15) is 0 Å². The number of hydrogen-bond acceptors (Lipinski definition) is 3. The summed E-state index contributed by atoms with van der Waals surface area (Å²) in [5, 5.41) is 0. The van der Waals surface area contributed by atoms with Crippen molar-refractivity contribution in [3.05, 3.63) is 12.2 Å². The quantitative estimate of drug-likeness (QED) is 0.409. The van der Waals surface area contributed by atoms with E-state index in [-0.39, 0.29) is 0 Å². The second-order valence-corrected chi connectivity index (χ2v) is 5.99. The number of aliphatic imine (C=N–C) groups is 1. The van der Waals surface area contributed by atoms with Gasteiger partial charge in [0.2, 0.25) is 0 Å². The Bertz CT molecular complexity index is 297. The Kier molecular flexibility index (Phi) is 11.2. The van der Waals surface area contributed by atoms with Crippen LogP contribution in [-0.2, 0) is 0 Å². The minimum Gasteiger partial charge on any atom is -0.357 e. The predicted octanol–water partition coefficient (Wildman–Crippen LogP) is 4.14. The summed E-state index contributed by atoms with van der Waals surface area (Å²) < 4.78 is 0. The molecule has 0 aromatic rings. The fourth-order valence-corrected chi connectivity index (χ4v) is 2.83. The highest BCUT2D eigenvalue weighted by Gasteiger charge is 2.14. The van der Waals surface area contributed by atoms with Crippen LogP contribution in [0.5, 0.6) is 0 Å². The molecule has 0 spiro atoms. The molecule has 0 saturated carbocycles. The first-order valence-corrected chi connectivity index (χ1v) is 9.01. The summed E-state index contributed by atoms with van der Waals surface area (Å²) in [6, 6.07) is 0. The minimum absolute atomic E-state index is 0.729. The topological polar surface area (TPSA) is 41.6 Å². The molecule has 0 saturated heterocycles. The van der Waals surface area contributed by atoms with Crippen molar-refractivity contribution in [1.82, 2.24) is 4.90 Å². The third-order valence-electron chi connectivity index (χ3n) is 4.10. The average molecular weight is 293 g/mol. The van der Waals surface area contributed by atoms with Gasteiger partial charge in [0, 0.05) is 26.1 Å². The van der Waals surface area contributed by atoms with Gasteiger partial charge in [-0.05, 0) is 19.3 Å². The second kappa shape index (κ2) is 12.9. The Hall–Kier alpha value is -0.830. The van der Waals surface area contributed by atoms with Crippen molar-refractivity contribution in [3.63, 3.8) is 0 Å². The van der Waals surface area contributed by atoms with Crippen LogP contribution < -0.4 is 5.73 Å². The van der Waals surface area contributed by atoms with E-state index in [1.54, 1.807) is 0 Å². The molecule has 21 heavy (non-hydrogen) atoms. The lowest BCUT2D eigenvalue weighted by molar-refractivity contribution is 0.459. The molecule has 1 rings (SSSR count). The summed E-state index contributed by atoms with van der Waals surface area (Å²) in [6.07, 6.45) is 17.9. The molecule has 0 aliphatic carbocycles. The SMILES string of the molecule is CCCCCCCCC/C=C/CCC1=NCCN1CCN. The highest BCUT2D eigenvalue weighted by molar-refractivity contribution is 5.83. The summed E-state index contributed by atoms with van der Waals surface area (Å²) in [5.41, 5.74) is 5.62. The van der Waals surface area contributed by atoms with Gasteiger partial charge in [-0.3, -0.25) is 4.99 Å². The van der Waals surface area contributed by atoms with Gasteiger partial charge in [-0.25, -0.2) is 0 Å². The molecule has 122 valence electrons. The molecule has 1 aliphatic heterocycles. The normalized spacial score (nSPS) is 15.1. The van der Waals surface area contributed by atoms with E-state index in [9.17, 15) is 0 Å². The van der Waals surface area contributed by atoms with Crippen molar-refractivity contribution in [2.75, 3.05) is 26.2 Å². The summed E-state index contributed by atoms with van der Waals surface area (Å²) >= 11 is 0. The number of allylic oxidation sites excluding steroid dienone is 2. The highest BCUT2D eigenvalue weighted by atomic mass is 15.2. The zero-order valence-corrected chi connectivity index (χ0v) is 14.0. The van der Waals surface area contributed by atoms with Crippen LogP contribution in [0, 0.1) is 0 Å². The third kappa shape index (κ3) is 8.92. The first-order valence-electron chi connectivity index (χ1n) is 9.01. The van der Waals surface area contributed by atoms with E-state index < -0.39 is 0 Å². The minimum atomic E-state index is 0.729. The van der Waals surface area contributed by atoms with Crippen molar-refractivity contribution in [1.29, 1.82) is 0 Å². The molecule has 0 aromatic carbocycles. The van der Waals surface area contributed by atoms with Crippen LogP contribution in [0.1, 0.15) is 71.1 Å². The molecule has 0 unspecified atom stereocenters. The van der Waals surface area contributed by atoms with E-state index in [0.717, 1.165) is 39.0 Å². The predicted molar refractivity (Wildman–Crippen MR) is 93.9 cm³/mol. The van der Waals surface area contributed by atoms with Crippen LogP contribution in [-0.4, -0.2) is 36.9 Å². The van der Waals surface area contributed by atoms with Gasteiger partial charge < -0.3 is 10.6 Å². The maximum Gasteiger partial charge on any atom is 0.0993 e. The first-order chi connectivity index (χ1) is 10.4. The zero-order chi connectivity index (χ0) is 15.2. The lowest BCUT2D eigenvalue weighted by atomic mass is 10.1. The van der Waals surface area contributed by atoms with E-state index in [4.69, 9.17) is 5.73 Å². The molecule has 2 N–H and O–H groups in total. The standard InChI is InChI=1S/C18H35N3/c1-2-3-4-5-6-7-8-9-10-11-12-13-18-20-15-17-21(18)16-14-19/h10-11H,2-9,12-17,19H2,1H3/b11-10+. The van der Waals surface area contributed by atoms with Crippen LogP contribution in [0.2, 0.25) is 0 Å². The molecule has 0 bridgehead atoms. The lowest BCUT2D eigenvalue weighted by Crippen LogP contribution is -2.32. The van der Waals surface area contributed by atoms with E-state index in [1.165, 1.54) is 57.2 Å². The molecule has 1 aliphatic rings. The van der Waals surface area contributed by atoms with Crippen molar-refractivity contribution < 1.29 is 0 Å². The molecule has 0 atom stereocenters. The molecule has 0 fully saturated rings. The fourth-order valence-electron chi connectivity index (χ4n) is 2.83. The van der Waals surface area contributed by atoms with Crippen LogP contribution in [0.25, 0.3) is 0 Å². The van der Waals surface area contributed by atoms with Crippen molar-refractivity contribution in [2.45, 2.75) is 71.1 Å². The second-order valence-electron chi connectivity index (χ2n) is 5.99. The first kappa shape index (κ1) is 18.2. The summed E-state index contributed by atoms with van der Waals surface area (Å²) in [4.78, 5) is 6.91. The Morgan fingerprint density at radius 2 is 1.76 bits per heavy atom. The molecule has 3 heteroatoms. The molecule has 0 amide bonds. The number of rotatable bonds is 13. The number of nitrogens with two attached hydrogens (primary N) is 1. The van der Waals surface area contributed by atoms with Crippen molar-refractivity contribution in [3.8, 4) is 0 Å². The number of unbranched alkanes of at least 4 members (excludes halogenated alkanes) is 7. The Morgan fingerprint density at radius 1 is 1.05 bits per heavy atom. The molecule has 1 heterocycles. The smallest absolute Gasteiger partial charge is 0.0993 e. The van der Waals surface area contributed by atoms with Gasteiger partial charge in [0.15, 0.2) is 0 Å². The van der Waals surface area contributed by atoms with Crippen LogP contribution in [0.4, 0.5) is 0 Å². The molecule has 0 aromatic heterocycles. The van der Waals surface area contributed by atoms with Crippen molar-refractivity contribution >= 4 is 5.84 Å². The van der Waals surface area contributed by atoms with Gasteiger partial charge in [0.25, 0.3) is 0 Å². The molecular weight excluding hydrogens is 258 g/mol. The maximum absolute atomic E-state index is 5.62. The Labute approximate surface area is 131 Å². The van der Waals surface area contributed by atoms with Gasteiger partial charge in [0.05, 0.1) is 12.4 Å². The Balaban J connectivity index is 1.93.